The Bertz CT molecular complexity index is 3240. The van der Waals surface area contributed by atoms with Crippen LogP contribution in [0.2, 0.25) is 0 Å². The minimum atomic E-state index is 0.632. The van der Waals surface area contributed by atoms with Crippen molar-refractivity contribution in [2.24, 2.45) is 0 Å². The molecule has 0 spiro atoms. The van der Waals surface area contributed by atoms with Gasteiger partial charge in [0.05, 0.1) is 0 Å². The van der Waals surface area contributed by atoms with Crippen molar-refractivity contribution in [3.05, 3.63) is 277 Å². The molecule has 0 fully saturated rings. The minimum absolute atomic E-state index is 0.632. The van der Waals surface area contributed by atoms with E-state index in [4.69, 9.17) is 0 Å². The zero-order valence-corrected chi connectivity index (χ0v) is 66.1. The zero-order valence-electron chi connectivity index (χ0n) is 66.1. The van der Waals surface area contributed by atoms with Gasteiger partial charge in [0.25, 0.3) is 0 Å². The second-order valence-electron chi connectivity index (χ2n) is 26.7. The summed E-state index contributed by atoms with van der Waals surface area (Å²) in [5, 5.41) is 0. The second kappa shape index (κ2) is 44.4. The number of aryl methyl sites for hydroxylation is 17. The van der Waals surface area contributed by atoms with Gasteiger partial charge in [-0.25, -0.2) is 0 Å². The van der Waals surface area contributed by atoms with Gasteiger partial charge in [-0.2, -0.15) is 0 Å². The second-order valence-corrected chi connectivity index (χ2v) is 26.7. The lowest BCUT2D eigenvalue weighted by atomic mass is 9.85. The highest BCUT2D eigenvalue weighted by Gasteiger charge is 2.14. The first-order valence-electron chi connectivity index (χ1n) is 36.6. The molecule has 8 rings (SSSR count). The van der Waals surface area contributed by atoms with E-state index in [9.17, 15) is 0 Å². The highest BCUT2D eigenvalue weighted by atomic mass is 14.2. The molecular formula is C93H138. The molecule has 0 saturated heterocycles. The molecule has 0 N–H and O–H groups in total. The lowest BCUT2D eigenvalue weighted by Gasteiger charge is -2.21. The Kier molecular flexibility index (Phi) is 40.5. The molecule has 0 heterocycles. The van der Waals surface area contributed by atoms with Crippen LogP contribution in [0.5, 0.6) is 0 Å². The highest BCUT2D eigenvalue weighted by molar-refractivity contribution is 5.51. The molecule has 0 aliphatic carbocycles. The van der Waals surface area contributed by atoms with Crippen LogP contribution in [0, 0.1) is 104 Å². The van der Waals surface area contributed by atoms with E-state index in [1.807, 2.05) is 0 Å². The van der Waals surface area contributed by atoms with Gasteiger partial charge < -0.3 is 0 Å². The first-order chi connectivity index (χ1) is 44.0. The van der Waals surface area contributed by atoms with Crippen LogP contribution in [0.3, 0.4) is 0 Å². The Hall–Kier alpha value is -6.24. The summed E-state index contributed by atoms with van der Waals surface area (Å²) in [5.74, 6) is 1.28. The molecule has 8 aromatic rings. The van der Waals surface area contributed by atoms with Crippen molar-refractivity contribution in [1.82, 2.24) is 0 Å². The Balaban J connectivity index is 0.000000534. The third kappa shape index (κ3) is 26.8. The lowest BCUT2D eigenvalue weighted by Crippen LogP contribution is -2.04. The van der Waals surface area contributed by atoms with Gasteiger partial charge in [0.2, 0.25) is 0 Å². The normalized spacial score (nSPS) is 10.4. The number of rotatable bonds is 14. The maximum absolute atomic E-state index is 2.37. The average Bonchev–Trinajstić information content (AvgIpc) is 0.857. The van der Waals surface area contributed by atoms with E-state index >= 15 is 0 Å². The fraction of sp³-hybridized carbons (Fsp3) is 0.484. The predicted octanol–water partition coefficient (Wildman–Crippen LogP) is 27.1. The van der Waals surface area contributed by atoms with Crippen molar-refractivity contribution in [3.63, 3.8) is 0 Å². The molecule has 0 atom stereocenters. The number of hydrogen-bond acceptors (Lipinski definition) is 0. The van der Waals surface area contributed by atoms with E-state index in [0.29, 0.717) is 11.8 Å². The fourth-order valence-corrected chi connectivity index (χ4v) is 12.8. The summed E-state index contributed by atoms with van der Waals surface area (Å²) in [6, 6.07) is 42.1. The van der Waals surface area contributed by atoms with E-state index in [0.717, 1.165) is 77.0 Å². The van der Waals surface area contributed by atoms with Crippen LogP contribution in [0.1, 0.15) is 284 Å². The van der Waals surface area contributed by atoms with Gasteiger partial charge in [0, 0.05) is 0 Å². The Morgan fingerprint density at radius 2 is 0.462 bits per heavy atom. The molecule has 0 saturated carbocycles. The highest BCUT2D eigenvalue weighted by Crippen LogP contribution is 2.31. The summed E-state index contributed by atoms with van der Waals surface area (Å²) < 4.78 is 0. The molecule has 0 amide bonds. The Morgan fingerprint density at radius 3 is 0.710 bits per heavy atom. The van der Waals surface area contributed by atoms with E-state index < -0.39 is 0 Å². The van der Waals surface area contributed by atoms with Gasteiger partial charge in [-0.15, -0.1) is 0 Å². The maximum Gasteiger partial charge on any atom is -0.0213 e. The monoisotopic (exact) mass is 1260 g/mol. The standard InChI is InChI=1S/2C14H22.C13H20.2C12H18.C11H16.C9H12.C8H10/c1-8(2)14-12(6)10(4)9(3)11(5)13(14)7;1-6-12-8-14(10(3)4)9-13(7-2)11(12)5;1-5-11-8-12(6-2)10(4)13(7-3)9-11;2*1-5-11-7-9(3)8-12(6-2)10(11)4;1-4-10-7-6-8-11(5-2)9(10)3;1-3-9-7-5-4-6-8(9)2;1-7-5-3-4-6-8(7)2/h8H,1-7H3;8-10H,6-7H2,1-5H3;8-9H,5-7H2,1-4H3;2*7-8H,5-6H2,1-4H3;6-8H,4-5H2,1-3H3;4-7H,3H2,1-2H3;3-6H,1-2H3. The van der Waals surface area contributed by atoms with Crippen molar-refractivity contribution in [3.8, 4) is 0 Å². The van der Waals surface area contributed by atoms with Crippen LogP contribution in [0.25, 0.3) is 0 Å². The topological polar surface area (TPSA) is 0 Å². The van der Waals surface area contributed by atoms with Crippen molar-refractivity contribution < 1.29 is 0 Å². The van der Waals surface area contributed by atoms with Gasteiger partial charge >= 0.3 is 0 Å². The van der Waals surface area contributed by atoms with E-state index in [1.54, 1.807) is 5.56 Å². The summed E-state index contributed by atoms with van der Waals surface area (Å²) in [6.07, 6.45) is 13.8. The molecule has 0 heteroatoms. The third-order valence-electron chi connectivity index (χ3n) is 20.0. The molecule has 8 aromatic carbocycles. The molecule has 93 heavy (non-hydrogen) atoms. The summed E-state index contributed by atoms with van der Waals surface area (Å²) in [5.41, 5.74) is 42.9. The smallest absolute Gasteiger partial charge is 0.0213 e. The van der Waals surface area contributed by atoms with Crippen molar-refractivity contribution in [1.29, 1.82) is 0 Å². The van der Waals surface area contributed by atoms with Crippen LogP contribution >= 0.6 is 0 Å². The average molecular weight is 1260 g/mol. The SMILES string of the molecule is CCc1cc(C(C)C)cc(CC)c1C.CCc1cc(C)cc(CC)c1C.CCc1cc(C)cc(CC)c1C.CCc1cc(CC)c(C)c(CC)c1.CCc1cccc(CC)c1C.CCc1ccccc1C.Cc1c(C)c(C)c(C(C)C)c(C)c1C.Cc1ccccc1C. The van der Waals surface area contributed by atoms with E-state index in [-0.39, 0.29) is 0 Å². The summed E-state index contributed by atoms with van der Waals surface area (Å²) in [4.78, 5) is 0. The summed E-state index contributed by atoms with van der Waals surface area (Å²) >= 11 is 0. The van der Waals surface area contributed by atoms with Gasteiger partial charge in [-0.1, -0.05) is 237 Å². The fourth-order valence-electron chi connectivity index (χ4n) is 12.8. The number of hydrogen-bond donors (Lipinski definition) is 0. The largest absolute Gasteiger partial charge is 0.0620 e. The van der Waals surface area contributed by atoms with Crippen LogP contribution in [-0.2, 0) is 77.0 Å². The van der Waals surface area contributed by atoms with Gasteiger partial charge in [0.15, 0.2) is 0 Å². The predicted molar refractivity (Wildman–Crippen MR) is 423 cm³/mol. The van der Waals surface area contributed by atoms with Crippen LogP contribution < -0.4 is 0 Å². The third-order valence-corrected chi connectivity index (χ3v) is 20.0. The van der Waals surface area contributed by atoms with Gasteiger partial charge in [-0.05, 0) is 343 Å². The molecule has 510 valence electrons. The van der Waals surface area contributed by atoms with Crippen molar-refractivity contribution >= 4 is 0 Å². The first-order valence-corrected chi connectivity index (χ1v) is 36.6. The molecular weight excluding hydrogens is 1120 g/mol. The van der Waals surface area contributed by atoms with Crippen LogP contribution in [-0.4, -0.2) is 0 Å². The molecule has 0 radical (unpaired) electrons. The van der Waals surface area contributed by atoms with Gasteiger partial charge in [-0.3, -0.25) is 0 Å². The van der Waals surface area contributed by atoms with Crippen LogP contribution in [0.4, 0.5) is 0 Å². The molecule has 0 aliphatic heterocycles. The number of benzene rings is 8. The Labute approximate surface area is 576 Å². The van der Waals surface area contributed by atoms with Crippen LogP contribution in [0.15, 0.2) is 115 Å². The minimum Gasteiger partial charge on any atom is -0.0620 e. The Morgan fingerprint density at radius 1 is 0.215 bits per heavy atom. The van der Waals surface area contributed by atoms with Crippen molar-refractivity contribution in [2.45, 2.75) is 304 Å². The molecule has 0 aromatic heterocycles. The summed E-state index contributed by atoms with van der Waals surface area (Å²) in [7, 11) is 0. The summed E-state index contributed by atoms with van der Waals surface area (Å²) in [6.45, 7) is 68.9. The lowest BCUT2D eigenvalue weighted by molar-refractivity contribution is 0.837. The van der Waals surface area contributed by atoms with Gasteiger partial charge in [0.1, 0.15) is 0 Å². The molecule has 0 aliphatic rings. The van der Waals surface area contributed by atoms with Crippen molar-refractivity contribution in [2.75, 3.05) is 0 Å². The maximum atomic E-state index is 2.37. The zero-order chi connectivity index (χ0) is 70.8. The molecule has 0 nitrogen and oxygen atoms in total. The van der Waals surface area contributed by atoms with E-state index in [2.05, 4.69) is 330 Å². The first kappa shape index (κ1) is 84.8. The quantitative estimate of drug-likeness (QED) is 0.102. The molecule has 0 unspecified atom stereocenters. The molecule has 0 bridgehead atoms. The van der Waals surface area contributed by atoms with E-state index in [1.165, 1.54) is 156 Å².